The molecule has 0 bridgehead atoms. The van der Waals surface area contributed by atoms with Crippen LogP contribution in [0.15, 0.2) is 18.2 Å². The smallest absolute Gasteiger partial charge is 0.251 e. The molecule has 7 heteroatoms. The van der Waals surface area contributed by atoms with Crippen LogP contribution < -0.4 is 10.1 Å². The summed E-state index contributed by atoms with van der Waals surface area (Å²) in [4.78, 5) is 26.7. The molecule has 4 rings (SSSR count). The summed E-state index contributed by atoms with van der Waals surface area (Å²) in [7, 11) is 0. The van der Waals surface area contributed by atoms with Crippen LogP contribution in [-0.4, -0.2) is 54.7 Å². The highest BCUT2D eigenvalue weighted by molar-refractivity contribution is 6.32. The van der Waals surface area contributed by atoms with E-state index >= 15 is 0 Å². The number of piperidine rings is 1. The highest BCUT2D eigenvalue weighted by atomic mass is 35.5. The Bertz CT molecular complexity index is 736. The van der Waals surface area contributed by atoms with Crippen LogP contribution in [0.3, 0.4) is 0 Å². The van der Waals surface area contributed by atoms with E-state index in [0.29, 0.717) is 36.0 Å². The zero-order chi connectivity index (χ0) is 20.2. The third kappa shape index (κ3) is 5.04. The molecule has 1 saturated carbocycles. The van der Waals surface area contributed by atoms with Crippen molar-refractivity contribution in [2.45, 2.75) is 69.6 Å². The van der Waals surface area contributed by atoms with Gasteiger partial charge in [0.2, 0.25) is 0 Å². The van der Waals surface area contributed by atoms with Gasteiger partial charge in [-0.25, -0.2) is 0 Å². The minimum Gasteiger partial charge on any atom is -0.489 e. The standard InChI is InChI=1S/C22H29ClN2O4/c23-18-14-15(21(26)24-16-4-1-2-5-16)7-8-19(18)29-17-9-11-25(12-10-17)22(27)20-6-3-13-28-20/h7-8,14,16-17,20H,1-6,9-13H2,(H,24,26)/t20-/m1/s1. The highest BCUT2D eigenvalue weighted by Crippen LogP contribution is 2.29. The minimum absolute atomic E-state index is 0.0132. The van der Waals surface area contributed by atoms with Gasteiger partial charge in [-0.3, -0.25) is 9.59 Å². The van der Waals surface area contributed by atoms with Gasteiger partial charge in [-0.2, -0.15) is 0 Å². The zero-order valence-electron chi connectivity index (χ0n) is 16.7. The molecule has 3 fully saturated rings. The second-order valence-corrected chi connectivity index (χ2v) is 8.65. The number of halogens is 1. The molecule has 0 radical (unpaired) electrons. The van der Waals surface area contributed by atoms with Gasteiger partial charge in [0.1, 0.15) is 18.0 Å². The van der Waals surface area contributed by atoms with Crippen LogP contribution in [0.2, 0.25) is 5.02 Å². The van der Waals surface area contributed by atoms with Crippen LogP contribution in [0.4, 0.5) is 0 Å². The average molecular weight is 421 g/mol. The molecule has 0 unspecified atom stereocenters. The topological polar surface area (TPSA) is 67.9 Å². The Labute approximate surface area is 176 Å². The van der Waals surface area contributed by atoms with Crippen LogP contribution >= 0.6 is 11.6 Å². The number of likely N-dealkylation sites (tertiary alicyclic amines) is 1. The summed E-state index contributed by atoms with van der Waals surface area (Å²) in [6, 6.07) is 5.49. The van der Waals surface area contributed by atoms with Crippen LogP contribution in [-0.2, 0) is 9.53 Å². The first-order valence-electron chi connectivity index (χ1n) is 10.8. The van der Waals surface area contributed by atoms with Crippen molar-refractivity contribution in [2.75, 3.05) is 19.7 Å². The summed E-state index contributed by atoms with van der Waals surface area (Å²) in [5.74, 6) is 0.621. The molecule has 1 aliphatic carbocycles. The van der Waals surface area contributed by atoms with E-state index in [1.165, 1.54) is 12.8 Å². The number of carbonyl (C=O) groups excluding carboxylic acids is 2. The first-order chi connectivity index (χ1) is 14.1. The lowest BCUT2D eigenvalue weighted by Crippen LogP contribution is -2.45. The molecule has 158 valence electrons. The van der Waals surface area contributed by atoms with Crippen molar-refractivity contribution in [1.82, 2.24) is 10.2 Å². The number of ether oxygens (including phenoxy) is 2. The molecule has 2 aliphatic heterocycles. The van der Waals surface area contributed by atoms with Crippen molar-refractivity contribution in [3.63, 3.8) is 0 Å². The molecule has 2 amide bonds. The average Bonchev–Trinajstić information content (AvgIpc) is 3.44. The maximum atomic E-state index is 12.4. The number of benzene rings is 1. The van der Waals surface area contributed by atoms with E-state index in [4.69, 9.17) is 21.1 Å². The maximum absolute atomic E-state index is 12.4. The molecule has 3 aliphatic rings. The van der Waals surface area contributed by atoms with Gasteiger partial charge in [0.25, 0.3) is 11.8 Å². The monoisotopic (exact) mass is 420 g/mol. The van der Waals surface area contributed by atoms with Crippen molar-refractivity contribution in [3.8, 4) is 5.75 Å². The second-order valence-electron chi connectivity index (χ2n) is 8.24. The number of hydrogen-bond acceptors (Lipinski definition) is 4. The van der Waals surface area contributed by atoms with Crippen LogP contribution in [0.1, 0.15) is 61.7 Å². The fourth-order valence-corrected chi connectivity index (χ4v) is 4.65. The Hall–Kier alpha value is -1.79. The predicted molar refractivity (Wildman–Crippen MR) is 110 cm³/mol. The zero-order valence-corrected chi connectivity index (χ0v) is 17.5. The minimum atomic E-state index is -0.259. The molecule has 1 N–H and O–H groups in total. The third-order valence-electron chi connectivity index (χ3n) is 6.14. The Morgan fingerprint density at radius 1 is 1.07 bits per heavy atom. The molecule has 2 saturated heterocycles. The molecule has 6 nitrogen and oxygen atoms in total. The number of rotatable bonds is 5. The van der Waals surface area contributed by atoms with E-state index in [0.717, 1.165) is 38.5 Å². The largest absolute Gasteiger partial charge is 0.489 e. The molecule has 1 aromatic carbocycles. The Morgan fingerprint density at radius 2 is 1.83 bits per heavy atom. The molecule has 0 spiro atoms. The quantitative estimate of drug-likeness (QED) is 0.790. The Kier molecular flexibility index (Phi) is 6.60. The number of amides is 2. The van der Waals surface area contributed by atoms with E-state index < -0.39 is 0 Å². The van der Waals surface area contributed by atoms with E-state index in [2.05, 4.69) is 5.32 Å². The fourth-order valence-electron chi connectivity index (χ4n) is 4.43. The summed E-state index contributed by atoms with van der Waals surface area (Å²) < 4.78 is 11.6. The van der Waals surface area contributed by atoms with Crippen molar-refractivity contribution in [2.24, 2.45) is 0 Å². The summed E-state index contributed by atoms with van der Waals surface area (Å²) >= 11 is 6.39. The van der Waals surface area contributed by atoms with Gasteiger partial charge in [0.15, 0.2) is 0 Å². The molecule has 2 heterocycles. The third-order valence-corrected chi connectivity index (χ3v) is 6.43. The van der Waals surface area contributed by atoms with Crippen molar-refractivity contribution >= 4 is 23.4 Å². The molecule has 1 aromatic rings. The van der Waals surface area contributed by atoms with Gasteiger partial charge in [0.05, 0.1) is 5.02 Å². The lowest BCUT2D eigenvalue weighted by Gasteiger charge is -2.33. The highest BCUT2D eigenvalue weighted by Gasteiger charge is 2.31. The fraction of sp³-hybridized carbons (Fsp3) is 0.636. The number of hydrogen-bond donors (Lipinski definition) is 1. The number of nitrogens with zero attached hydrogens (tertiary/aromatic N) is 1. The summed E-state index contributed by atoms with van der Waals surface area (Å²) in [6.07, 6.45) is 7.52. The van der Waals surface area contributed by atoms with E-state index in [1.807, 2.05) is 4.90 Å². The van der Waals surface area contributed by atoms with E-state index in [1.54, 1.807) is 18.2 Å². The lowest BCUT2D eigenvalue weighted by atomic mass is 10.1. The summed E-state index contributed by atoms with van der Waals surface area (Å²) in [5, 5.41) is 3.52. The van der Waals surface area contributed by atoms with Gasteiger partial charge in [-0.15, -0.1) is 0 Å². The second kappa shape index (κ2) is 9.35. The van der Waals surface area contributed by atoms with Crippen molar-refractivity contribution in [3.05, 3.63) is 28.8 Å². The number of nitrogens with one attached hydrogen (secondary N) is 1. The summed E-state index contributed by atoms with van der Waals surface area (Å²) in [6.45, 7) is 2.02. The molecular formula is C22H29ClN2O4. The predicted octanol–water partition coefficient (Wildman–Crippen LogP) is 3.56. The SMILES string of the molecule is O=C(NC1CCCC1)c1ccc(OC2CCN(C(=O)[C@H]3CCCO3)CC2)c(Cl)c1. The van der Waals surface area contributed by atoms with Crippen LogP contribution in [0.25, 0.3) is 0 Å². The molecular weight excluding hydrogens is 392 g/mol. The van der Waals surface area contributed by atoms with Gasteiger partial charge in [-0.1, -0.05) is 24.4 Å². The van der Waals surface area contributed by atoms with Crippen molar-refractivity contribution < 1.29 is 19.1 Å². The number of carbonyl (C=O) groups is 2. The molecule has 1 atom stereocenters. The Balaban J connectivity index is 1.28. The normalized spacial score (nSPS) is 23.3. The van der Waals surface area contributed by atoms with Gasteiger partial charge >= 0.3 is 0 Å². The lowest BCUT2D eigenvalue weighted by molar-refractivity contribution is -0.142. The van der Waals surface area contributed by atoms with E-state index in [-0.39, 0.29) is 30.1 Å². The van der Waals surface area contributed by atoms with Gasteiger partial charge in [-0.05, 0) is 43.9 Å². The van der Waals surface area contributed by atoms with Crippen molar-refractivity contribution in [1.29, 1.82) is 0 Å². The first kappa shape index (κ1) is 20.5. The molecule has 29 heavy (non-hydrogen) atoms. The molecule has 0 aromatic heterocycles. The maximum Gasteiger partial charge on any atom is 0.251 e. The van der Waals surface area contributed by atoms with Gasteiger partial charge in [0, 0.05) is 44.1 Å². The summed E-state index contributed by atoms with van der Waals surface area (Å²) in [5.41, 5.74) is 0.561. The van der Waals surface area contributed by atoms with Gasteiger partial charge < -0.3 is 19.7 Å². The first-order valence-corrected chi connectivity index (χ1v) is 11.2. The Morgan fingerprint density at radius 3 is 2.48 bits per heavy atom. The van der Waals surface area contributed by atoms with Crippen LogP contribution in [0, 0.1) is 0 Å². The van der Waals surface area contributed by atoms with E-state index in [9.17, 15) is 9.59 Å². The van der Waals surface area contributed by atoms with Crippen LogP contribution in [0.5, 0.6) is 5.75 Å².